The minimum Gasteiger partial charge on any atom is -0.291 e. The van der Waals surface area contributed by atoms with E-state index in [0.717, 1.165) is 4.90 Å². The Morgan fingerprint density at radius 3 is 2.58 bits per heavy atom. The molecule has 0 aliphatic heterocycles. The van der Waals surface area contributed by atoms with Crippen molar-refractivity contribution in [2.75, 3.05) is 5.75 Å². The lowest BCUT2D eigenvalue weighted by Gasteiger charge is -2.02. The molecule has 1 aromatic carbocycles. The van der Waals surface area contributed by atoms with E-state index >= 15 is 0 Å². The summed E-state index contributed by atoms with van der Waals surface area (Å²) in [7, 11) is 0. The van der Waals surface area contributed by atoms with Crippen molar-refractivity contribution in [3.8, 4) is 0 Å². The van der Waals surface area contributed by atoms with E-state index in [4.69, 9.17) is 0 Å². The molecule has 0 aliphatic rings. The largest absolute Gasteiger partial charge is 0.291 e. The Hall–Kier alpha value is -1.66. The van der Waals surface area contributed by atoms with Gasteiger partial charge in [0.15, 0.2) is 0 Å². The highest BCUT2D eigenvalue weighted by Crippen LogP contribution is 2.17. The number of hydrogen-bond donors (Lipinski definition) is 1. The van der Waals surface area contributed by atoms with Gasteiger partial charge in [-0.2, -0.15) is 0 Å². The fraction of sp³-hybridized carbons (Fsp3) is 0.0769. The quantitative estimate of drug-likeness (QED) is 0.882. The van der Waals surface area contributed by atoms with Crippen LogP contribution in [0.2, 0.25) is 0 Å². The van der Waals surface area contributed by atoms with Crippen molar-refractivity contribution in [1.29, 1.82) is 0 Å². The van der Waals surface area contributed by atoms with E-state index in [0.29, 0.717) is 4.88 Å². The third-order valence-corrected chi connectivity index (χ3v) is 4.06. The maximum Gasteiger partial charge on any atom is 0.267 e. The van der Waals surface area contributed by atoms with Crippen LogP contribution in [-0.4, -0.2) is 17.6 Å². The lowest BCUT2D eigenvalue weighted by atomic mass is 10.4. The number of benzene rings is 1. The normalized spacial score (nSPS) is 10.2. The van der Waals surface area contributed by atoms with E-state index in [1.165, 1.54) is 35.2 Å². The number of imide groups is 1. The molecule has 98 valence electrons. The summed E-state index contributed by atoms with van der Waals surface area (Å²) < 4.78 is 12.7. The fourth-order valence-corrected chi connectivity index (χ4v) is 2.63. The Morgan fingerprint density at radius 2 is 1.95 bits per heavy atom. The summed E-state index contributed by atoms with van der Waals surface area (Å²) in [5.41, 5.74) is 0. The smallest absolute Gasteiger partial charge is 0.267 e. The number of nitrogens with one attached hydrogen (secondary N) is 1. The van der Waals surface area contributed by atoms with Crippen LogP contribution < -0.4 is 5.32 Å². The molecular weight excluding hydrogens is 285 g/mol. The van der Waals surface area contributed by atoms with E-state index < -0.39 is 0 Å². The van der Waals surface area contributed by atoms with Gasteiger partial charge in [0.05, 0.1) is 10.6 Å². The molecule has 0 spiro atoms. The summed E-state index contributed by atoms with van der Waals surface area (Å²) in [6.45, 7) is 0. The van der Waals surface area contributed by atoms with Crippen LogP contribution in [0, 0.1) is 5.82 Å². The number of halogens is 1. The Kier molecular flexibility index (Phi) is 4.70. The van der Waals surface area contributed by atoms with Crippen LogP contribution in [0.3, 0.4) is 0 Å². The van der Waals surface area contributed by atoms with Crippen molar-refractivity contribution >= 4 is 34.9 Å². The van der Waals surface area contributed by atoms with Gasteiger partial charge in [0.2, 0.25) is 5.91 Å². The highest BCUT2D eigenvalue weighted by molar-refractivity contribution is 8.00. The van der Waals surface area contributed by atoms with E-state index in [-0.39, 0.29) is 23.4 Å². The third kappa shape index (κ3) is 4.18. The zero-order valence-corrected chi connectivity index (χ0v) is 11.4. The Balaban J connectivity index is 1.82. The molecule has 0 saturated carbocycles. The zero-order chi connectivity index (χ0) is 13.7. The van der Waals surface area contributed by atoms with E-state index in [1.54, 1.807) is 29.6 Å². The van der Waals surface area contributed by atoms with Crippen molar-refractivity contribution in [1.82, 2.24) is 5.32 Å². The molecule has 1 aromatic heterocycles. The summed E-state index contributed by atoms with van der Waals surface area (Å²) in [6.07, 6.45) is 0. The average Bonchev–Trinajstić information content (AvgIpc) is 2.92. The van der Waals surface area contributed by atoms with Crippen LogP contribution >= 0.6 is 23.1 Å². The molecule has 1 N–H and O–H groups in total. The monoisotopic (exact) mass is 295 g/mol. The molecular formula is C13H10FNO2S2. The number of thiophene rings is 1. The molecule has 0 saturated heterocycles. The number of rotatable bonds is 4. The first-order valence-electron chi connectivity index (χ1n) is 5.41. The van der Waals surface area contributed by atoms with E-state index in [9.17, 15) is 14.0 Å². The topological polar surface area (TPSA) is 46.2 Å². The summed E-state index contributed by atoms with van der Waals surface area (Å²) >= 11 is 2.53. The number of thioether (sulfide) groups is 1. The molecule has 3 nitrogen and oxygen atoms in total. The maximum atomic E-state index is 12.7. The molecule has 6 heteroatoms. The van der Waals surface area contributed by atoms with Crippen LogP contribution in [0.1, 0.15) is 9.67 Å². The first-order valence-corrected chi connectivity index (χ1v) is 7.28. The Labute approximate surface area is 117 Å². The van der Waals surface area contributed by atoms with Crippen LogP contribution in [0.4, 0.5) is 4.39 Å². The van der Waals surface area contributed by atoms with Gasteiger partial charge in [-0.25, -0.2) is 4.39 Å². The average molecular weight is 295 g/mol. The van der Waals surface area contributed by atoms with Crippen molar-refractivity contribution in [2.24, 2.45) is 0 Å². The van der Waals surface area contributed by atoms with Crippen LogP contribution in [0.25, 0.3) is 0 Å². The lowest BCUT2D eigenvalue weighted by molar-refractivity contribution is -0.117. The highest BCUT2D eigenvalue weighted by atomic mass is 32.2. The van der Waals surface area contributed by atoms with Gasteiger partial charge >= 0.3 is 0 Å². The molecule has 1 heterocycles. The van der Waals surface area contributed by atoms with Crippen LogP contribution in [0.15, 0.2) is 46.7 Å². The standard InChI is InChI=1S/C13H10FNO2S2/c14-9-3-5-10(6-4-9)19-8-12(16)15-13(17)11-2-1-7-18-11/h1-7H,8H2,(H,15,16,17). The number of hydrogen-bond acceptors (Lipinski definition) is 4. The van der Waals surface area contributed by atoms with Crippen molar-refractivity contribution in [2.45, 2.75) is 4.90 Å². The maximum absolute atomic E-state index is 12.7. The van der Waals surface area contributed by atoms with Crippen LogP contribution in [-0.2, 0) is 4.79 Å². The minimum absolute atomic E-state index is 0.114. The van der Waals surface area contributed by atoms with Gasteiger partial charge in [-0.1, -0.05) is 6.07 Å². The van der Waals surface area contributed by atoms with E-state index in [1.807, 2.05) is 0 Å². The number of carbonyl (C=O) groups is 2. The molecule has 0 aliphatic carbocycles. The molecule has 0 fully saturated rings. The predicted octanol–water partition coefficient (Wildman–Crippen LogP) is 2.94. The second kappa shape index (κ2) is 6.49. The fourth-order valence-electron chi connectivity index (χ4n) is 1.31. The summed E-state index contributed by atoms with van der Waals surface area (Å²) in [5, 5.41) is 4.07. The molecule has 2 rings (SSSR count). The van der Waals surface area contributed by atoms with E-state index in [2.05, 4.69) is 5.32 Å². The number of amides is 2. The molecule has 0 atom stereocenters. The van der Waals surface area contributed by atoms with Gasteiger partial charge in [0, 0.05) is 4.90 Å². The summed E-state index contributed by atoms with van der Waals surface area (Å²) in [4.78, 5) is 24.4. The predicted molar refractivity (Wildman–Crippen MR) is 73.9 cm³/mol. The van der Waals surface area contributed by atoms with Gasteiger partial charge in [0.1, 0.15) is 5.82 Å². The first-order chi connectivity index (χ1) is 9.15. The second-order valence-corrected chi connectivity index (χ2v) is 5.59. The Bertz CT molecular complexity index is 567. The first kappa shape index (κ1) is 13.8. The molecule has 0 radical (unpaired) electrons. The molecule has 2 amide bonds. The zero-order valence-electron chi connectivity index (χ0n) is 9.76. The molecule has 2 aromatic rings. The van der Waals surface area contributed by atoms with Crippen molar-refractivity contribution < 1.29 is 14.0 Å². The lowest BCUT2D eigenvalue weighted by Crippen LogP contribution is -2.31. The number of carbonyl (C=O) groups excluding carboxylic acids is 2. The van der Waals surface area contributed by atoms with Gasteiger partial charge in [-0.3, -0.25) is 14.9 Å². The Morgan fingerprint density at radius 1 is 1.21 bits per heavy atom. The highest BCUT2D eigenvalue weighted by Gasteiger charge is 2.11. The van der Waals surface area contributed by atoms with Gasteiger partial charge in [-0.05, 0) is 35.7 Å². The van der Waals surface area contributed by atoms with Gasteiger partial charge < -0.3 is 0 Å². The third-order valence-electron chi connectivity index (χ3n) is 2.18. The van der Waals surface area contributed by atoms with Crippen molar-refractivity contribution in [3.63, 3.8) is 0 Å². The molecule has 0 unspecified atom stereocenters. The second-order valence-electron chi connectivity index (χ2n) is 3.60. The molecule has 19 heavy (non-hydrogen) atoms. The molecule has 0 bridgehead atoms. The summed E-state index contributed by atoms with van der Waals surface area (Å²) in [5.74, 6) is -0.961. The minimum atomic E-state index is -0.389. The van der Waals surface area contributed by atoms with Crippen LogP contribution in [0.5, 0.6) is 0 Å². The van der Waals surface area contributed by atoms with Gasteiger partial charge in [-0.15, -0.1) is 23.1 Å². The van der Waals surface area contributed by atoms with Crippen molar-refractivity contribution in [3.05, 3.63) is 52.5 Å². The SMILES string of the molecule is O=C(CSc1ccc(F)cc1)NC(=O)c1cccs1. The van der Waals surface area contributed by atoms with Gasteiger partial charge in [0.25, 0.3) is 5.91 Å². The summed E-state index contributed by atoms with van der Waals surface area (Å²) in [6, 6.07) is 9.24.